The Morgan fingerprint density at radius 1 is 1.48 bits per heavy atom. The molecule has 0 aromatic carbocycles. The smallest absolute Gasteiger partial charge is 0.343 e. The molecule has 1 fully saturated rings. The zero-order valence-electron chi connectivity index (χ0n) is 13.0. The predicted octanol–water partition coefficient (Wildman–Crippen LogP) is -0.422. The van der Waals surface area contributed by atoms with Gasteiger partial charge in [0.2, 0.25) is 5.91 Å². The van der Waals surface area contributed by atoms with Crippen molar-refractivity contribution < 1.29 is 29.0 Å². The van der Waals surface area contributed by atoms with Crippen LogP contribution in [-0.2, 0) is 25.6 Å². The fourth-order valence-corrected chi connectivity index (χ4v) is 2.51. The van der Waals surface area contributed by atoms with E-state index in [-0.39, 0.29) is 50.0 Å². The second-order valence-electron chi connectivity index (χ2n) is 4.98. The molecule has 1 aromatic heterocycles. The molecule has 0 spiro atoms. The van der Waals surface area contributed by atoms with Crippen LogP contribution >= 0.6 is 0 Å². The minimum Gasteiger partial charge on any atom is -0.469 e. The fraction of sp³-hybridized carbons (Fsp3) is 0.571. The molecule has 2 rings (SSSR count). The molecular weight excluding hydrogens is 306 g/mol. The second kappa shape index (κ2) is 7.23. The third-order valence-corrected chi connectivity index (χ3v) is 3.53. The van der Waals surface area contributed by atoms with Gasteiger partial charge < -0.3 is 14.6 Å². The average Bonchev–Trinajstić information content (AvgIpc) is 3.10. The number of hydrogen-bond acceptors (Lipinski definition) is 7. The molecule has 1 aromatic rings. The van der Waals surface area contributed by atoms with E-state index in [1.165, 1.54) is 22.9 Å². The summed E-state index contributed by atoms with van der Waals surface area (Å²) in [6.07, 6.45) is 1.29. The molecule has 0 radical (unpaired) electrons. The molecule has 9 heteroatoms. The first-order valence-electron chi connectivity index (χ1n) is 7.25. The minimum absolute atomic E-state index is 0.000750. The van der Waals surface area contributed by atoms with E-state index in [0.717, 1.165) is 0 Å². The Bertz CT molecular complexity index is 612. The molecule has 1 N–H and O–H groups in total. The molecule has 9 nitrogen and oxygen atoms in total. The summed E-state index contributed by atoms with van der Waals surface area (Å²) in [4.78, 5) is 37.3. The van der Waals surface area contributed by atoms with Gasteiger partial charge in [-0.05, 0) is 6.92 Å². The van der Waals surface area contributed by atoms with Crippen LogP contribution in [0.3, 0.4) is 0 Å². The number of amides is 1. The molecule has 23 heavy (non-hydrogen) atoms. The minimum atomic E-state index is -0.610. The lowest BCUT2D eigenvalue weighted by Crippen LogP contribution is -2.30. The monoisotopic (exact) mass is 325 g/mol. The van der Waals surface area contributed by atoms with Crippen LogP contribution in [0, 0.1) is 5.92 Å². The normalized spacial score (nSPS) is 17.4. The van der Waals surface area contributed by atoms with Crippen molar-refractivity contribution in [2.24, 2.45) is 5.92 Å². The summed E-state index contributed by atoms with van der Waals surface area (Å²) in [5, 5.41) is 13.2. The van der Waals surface area contributed by atoms with Gasteiger partial charge in [0.15, 0.2) is 0 Å². The molecule has 1 aliphatic heterocycles. The maximum atomic E-state index is 12.3. The molecule has 0 saturated carbocycles. The van der Waals surface area contributed by atoms with E-state index in [0.29, 0.717) is 0 Å². The van der Waals surface area contributed by atoms with Crippen LogP contribution < -0.4 is 4.90 Å². The van der Waals surface area contributed by atoms with E-state index in [4.69, 9.17) is 9.84 Å². The third kappa shape index (κ3) is 3.34. The summed E-state index contributed by atoms with van der Waals surface area (Å²) in [5.41, 5.74) is 0.124. The molecule has 2 heterocycles. The quantitative estimate of drug-likeness (QED) is 0.707. The van der Waals surface area contributed by atoms with Crippen LogP contribution in [0.25, 0.3) is 0 Å². The number of hydrogen-bond donors (Lipinski definition) is 1. The van der Waals surface area contributed by atoms with Crippen molar-refractivity contribution in [2.75, 3.05) is 31.8 Å². The number of aromatic nitrogens is 2. The van der Waals surface area contributed by atoms with Crippen LogP contribution in [0.15, 0.2) is 6.20 Å². The maximum absolute atomic E-state index is 12.3. The fourth-order valence-electron chi connectivity index (χ4n) is 2.51. The van der Waals surface area contributed by atoms with E-state index >= 15 is 0 Å². The van der Waals surface area contributed by atoms with Crippen molar-refractivity contribution in [3.05, 3.63) is 11.8 Å². The van der Waals surface area contributed by atoms with Crippen molar-refractivity contribution in [1.29, 1.82) is 0 Å². The summed E-state index contributed by atoms with van der Waals surface area (Å²) in [6, 6.07) is 0. The van der Waals surface area contributed by atoms with Crippen molar-refractivity contribution >= 4 is 23.7 Å². The van der Waals surface area contributed by atoms with E-state index < -0.39 is 17.9 Å². The first-order chi connectivity index (χ1) is 11.0. The van der Waals surface area contributed by atoms with E-state index in [9.17, 15) is 14.4 Å². The summed E-state index contributed by atoms with van der Waals surface area (Å²) in [5.74, 6) is -1.77. The van der Waals surface area contributed by atoms with Gasteiger partial charge >= 0.3 is 11.9 Å². The van der Waals surface area contributed by atoms with Gasteiger partial charge in [-0.3, -0.25) is 14.5 Å². The Hall–Kier alpha value is -2.42. The van der Waals surface area contributed by atoms with Gasteiger partial charge in [0.25, 0.3) is 0 Å². The van der Waals surface area contributed by atoms with Crippen LogP contribution in [0.2, 0.25) is 0 Å². The summed E-state index contributed by atoms with van der Waals surface area (Å²) in [7, 11) is 1.26. The Morgan fingerprint density at radius 3 is 2.83 bits per heavy atom. The molecular formula is C14H19N3O6. The SMILES string of the molecule is CCOC(=O)c1cnn(CCO)c1N1CC(C(=O)OC)CC1=O. The van der Waals surface area contributed by atoms with Crippen molar-refractivity contribution in [3.8, 4) is 0 Å². The Kier molecular flexibility index (Phi) is 5.32. The van der Waals surface area contributed by atoms with Gasteiger partial charge in [-0.25, -0.2) is 9.48 Å². The predicted molar refractivity (Wildman–Crippen MR) is 77.7 cm³/mol. The third-order valence-electron chi connectivity index (χ3n) is 3.53. The first-order valence-corrected chi connectivity index (χ1v) is 7.25. The average molecular weight is 325 g/mol. The lowest BCUT2D eigenvalue weighted by molar-refractivity contribution is -0.145. The van der Waals surface area contributed by atoms with Crippen molar-refractivity contribution in [2.45, 2.75) is 19.9 Å². The molecule has 0 aliphatic carbocycles. The topological polar surface area (TPSA) is 111 Å². The van der Waals surface area contributed by atoms with Crippen LogP contribution in [0.4, 0.5) is 5.82 Å². The van der Waals surface area contributed by atoms with Crippen LogP contribution in [0.1, 0.15) is 23.7 Å². The lowest BCUT2D eigenvalue weighted by atomic mass is 10.1. The van der Waals surface area contributed by atoms with Crippen molar-refractivity contribution in [1.82, 2.24) is 9.78 Å². The first kappa shape index (κ1) is 16.9. The standard InChI is InChI=1S/C14H19N3O6/c1-3-23-14(21)10-7-15-17(4-5-18)12(10)16-8-9(6-11(16)19)13(20)22-2/h7,9,18H,3-6,8H2,1-2H3. The highest BCUT2D eigenvalue weighted by molar-refractivity contribution is 6.04. The maximum Gasteiger partial charge on any atom is 0.343 e. The molecule has 1 atom stereocenters. The number of carbonyl (C=O) groups is 3. The van der Waals surface area contributed by atoms with E-state index in [1.54, 1.807) is 6.92 Å². The summed E-state index contributed by atoms with van der Waals surface area (Å²) < 4.78 is 11.0. The molecule has 0 bridgehead atoms. The van der Waals surface area contributed by atoms with E-state index in [2.05, 4.69) is 9.84 Å². The number of esters is 2. The molecule has 1 saturated heterocycles. The zero-order chi connectivity index (χ0) is 17.0. The Balaban J connectivity index is 2.36. The molecule has 1 aliphatic rings. The number of aliphatic hydroxyl groups is 1. The number of ether oxygens (including phenoxy) is 2. The summed E-state index contributed by atoms with van der Waals surface area (Å²) in [6.45, 7) is 1.85. The highest BCUT2D eigenvalue weighted by atomic mass is 16.5. The van der Waals surface area contributed by atoms with Crippen molar-refractivity contribution in [3.63, 3.8) is 0 Å². The number of methoxy groups -OCH3 is 1. The molecule has 1 unspecified atom stereocenters. The van der Waals surface area contributed by atoms with Gasteiger partial charge in [-0.1, -0.05) is 0 Å². The zero-order valence-corrected chi connectivity index (χ0v) is 13.0. The number of carbonyl (C=O) groups excluding carboxylic acids is 3. The van der Waals surface area contributed by atoms with Crippen LogP contribution in [-0.4, -0.2) is 59.6 Å². The largest absolute Gasteiger partial charge is 0.469 e. The number of aliphatic hydroxyl groups excluding tert-OH is 1. The van der Waals surface area contributed by atoms with Gasteiger partial charge in [-0.2, -0.15) is 5.10 Å². The van der Waals surface area contributed by atoms with Gasteiger partial charge in [0.1, 0.15) is 11.4 Å². The van der Waals surface area contributed by atoms with Crippen LogP contribution in [0.5, 0.6) is 0 Å². The number of anilines is 1. The molecule has 1 amide bonds. The Morgan fingerprint density at radius 2 is 2.22 bits per heavy atom. The lowest BCUT2D eigenvalue weighted by Gasteiger charge is -2.19. The Labute approximate surface area is 132 Å². The van der Waals surface area contributed by atoms with Gasteiger partial charge in [-0.15, -0.1) is 0 Å². The molecule has 126 valence electrons. The number of nitrogens with zero attached hydrogens (tertiary/aromatic N) is 3. The highest BCUT2D eigenvalue weighted by Crippen LogP contribution is 2.29. The van der Waals surface area contributed by atoms with Gasteiger partial charge in [0.05, 0.1) is 39.0 Å². The van der Waals surface area contributed by atoms with Gasteiger partial charge in [0, 0.05) is 13.0 Å². The second-order valence-corrected chi connectivity index (χ2v) is 4.98. The number of rotatable bonds is 6. The summed E-state index contributed by atoms with van der Waals surface area (Å²) >= 11 is 0. The highest BCUT2D eigenvalue weighted by Gasteiger charge is 2.39. The van der Waals surface area contributed by atoms with E-state index in [1.807, 2.05) is 0 Å².